The normalized spacial score (nSPS) is 14.9. The molecule has 0 amide bonds. The van der Waals surface area contributed by atoms with Crippen molar-refractivity contribution < 1.29 is 5.11 Å². The van der Waals surface area contributed by atoms with Crippen LogP contribution in [0.25, 0.3) is 0 Å². The number of hydrogen-bond donors (Lipinski definition) is 2. The molecular weight excluding hydrogens is 234 g/mol. The van der Waals surface area contributed by atoms with Crippen LogP contribution in [0.5, 0.6) is 0 Å². The van der Waals surface area contributed by atoms with Gasteiger partial charge >= 0.3 is 0 Å². The molecule has 1 aromatic rings. The third-order valence-corrected chi connectivity index (χ3v) is 3.05. The molecule has 0 radical (unpaired) electrons. The Balaban J connectivity index is 0.00000256. The van der Waals surface area contributed by atoms with Gasteiger partial charge in [-0.1, -0.05) is 50.6 Å². The van der Waals surface area contributed by atoms with Crippen LogP contribution in [0.1, 0.15) is 44.4 Å². The molecule has 0 unspecified atom stereocenters. The Hall–Kier alpha value is -0.570. The van der Waals surface area contributed by atoms with E-state index in [2.05, 4.69) is 20.8 Å². The SMILES string of the molecule is Cc1ccc([C@@H](O)C[C@H](N)C(C)(C)C)cc1.Cl. The van der Waals surface area contributed by atoms with Crippen LogP contribution in [0.15, 0.2) is 24.3 Å². The summed E-state index contributed by atoms with van der Waals surface area (Å²) in [7, 11) is 0. The summed E-state index contributed by atoms with van der Waals surface area (Å²) in [5.74, 6) is 0. The van der Waals surface area contributed by atoms with E-state index >= 15 is 0 Å². The van der Waals surface area contributed by atoms with Crippen LogP contribution < -0.4 is 5.73 Å². The molecule has 17 heavy (non-hydrogen) atoms. The second-order valence-corrected chi connectivity index (χ2v) is 5.63. The van der Waals surface area contributed by atoms with Crippen molar-refractivity contribution in [3.63, 3.8) is 0 Å². The predicted octanol–water partition coefficient (Wildman–Crippen LogP) is 3.21. The largest absolute Gasteiger partial charge is 0.388 e. The Bertz CT molecular complexity index is 329. The fourth-order valence-electron chi connectivity index (χ4n) is 1.52. The minimum Gasteiger partial charge on any atom is -0.388 e. The summed E-state index contributed by atoms with van der Waals surface area (Å²) in [6.07, 6.45) is 0.141. The average molecular weight is 258 g/mol. The van der Waals surface area contributed by atoms with Crippen molar-refractivity contribution >= 4 is 12.4 Å². The van der Waals surface area contributed by atoms with Gasteiger partial charge in [0.1, 0.15) is 0 Å². The van der Waals surface area contributed by atoms with Crippen LogP contribution in [0, 0.1) is 12.3 Å². The summed E-state index contributed by atoms with van der Waals surface area (Å²) in [5, 5.41) is 10.1. The first-order valence-electron chi connectivity index (χ1n) is 5.81. The van der Waals surface area contributed by atoms with E-state index in [1.165, 1.54) is 5.56 Å². The zero-order valence-electron chi connectivity index (χ0n) is 11.1. The lowest BCUT2D eigenvalue weighted by Crippen LogP contribution is -2.36. The molecule has 1 aromatic carbocycles. The van der Waals surface area contributed by atoms with Gasteiger partial charge in [0, 0.05) is 6.04 Å². The maximum absolute atomic E-state index is 10.1. The Morgan fingerprint density at radius 3 is 2.06 bits per heavy atom. The Kier molecular flexibility index (Phi) is 6.17. The summed E-state index contributed by atoms with van der Waals surface area (Å²) in [4.78, 5) is 0. The highest BCUT2D eigenvalue weighted by atomic mass is 35.5. The van der Waals surface area contributed by atoms with Crippen LogP contribution in [-0.4, -0.2) is 11.1 Å². The minimum absolute atomic E-state index is 0. The number of halogens is 1. The molecule has 0 aliphatic carbocycles. The predicted molar refractivity (Wildman–Crippen MR) is 75.4 cm³/mol. The highest BCUT2D eigenvalue weighted by Gasteiger charge is 2.23. The van der Waals surface area contributed by atoms with Crippen molar-refractivity contribution in [1.82, 2.24) is 0 Å². The first-order chi connectivity index (χ1) is 7.30. The summed E-state index contributed by atoms with van der Waals surface area (Å²) in [5.41, 5.74) is 8.25. The van der Waals surface area contributed by atoms with Crippen LogP contribution in [-0.2, 0) is 0 Å². The van der Waals surface area contributed by atoms with Gasteiger partial charge in [-0.25, -0.2) is 0 Å². The Labute approximate surface area is 111 Å². The molecular formula is C14H24ClNO. The highest BCUT2D eigenvalue weighted by Crippen LogP contribution is 2.26. The van der Waals surface area contributed by atoms with Crippen molar-refractivity contribution in [3.8, 4) is 0 Å². The average Bonchev–Trinajstić information content (AvgIpc) is 2.17. The lowest BCUT2D eigenvalue weighted by Gasteiger charge is -2.29. The van der Waals surface area contributed by atoms with Gasteiger partial charge in [0.15, 0.2) is 0 Å². The van der Waals surface area contributed by atoms with Crippen molar-refractivity contribution in [2.45, 2.75) is 46.3 Å². The molecule has 2 atom stereocenters. The van der Waals surface area contributed by atoms with E-state index in [1.54, 1.807) is 0 Å². The van der Waals surface area contributed by atoms with Gasteiger partial charge in [-0.2, -0.15) is 0 Å². The third-order valence-electron chi connectivity index (χ3n) is 3.05. The number of hydrogen-bond acceptors (Lipinski definition) is 2. The fourth-order valence-corrected chi connectivity index (χ4v) is 1.52. The second kappa shape index (κ2) is 6.39. The lowest BCUT2D eigenvalue weighted by atomic mass is 9.83. The first-order valence-corrected chi connectivity index (χ1v) is 5.81. The van der Waals surface area contributed by atoms with E-state index in [0.29, 0.717) is 6.42 Å². The molecule has 3 N–H and O–H groups in total. The molecule has 0 saturated heterocycles. The van der Waals surface area contributed by atoms with E-state index in [-0.39, 0.29) is 23.9 Å². The van der Waals surface area contributed by atoms with Crippen molar-refractivity contribution in [2.24, 2.45) is 11.1 Å². The molecule has 0 heterocycles. The van der Waals surface area contributed by atoms with E-state index in [0.717, 1.165) is 5.56 Å². The van der Waals surface area contributed by atoms with Crippen molar-refractivity contribution in [3.05, 3.63) is 35.4 Å². The summed E-state index contributed by atoms with van der Waals surface area (Å²) < 4.78 is 0. The van der Waals surface area contributed by atoms with Crippen LogP contribution in [0.3, 0.4) is 0 Å². The van der Waals surface area contributed by atoms with E-state index in [4.69, 9.17) is 5.73 Å². The second-order valence-electron chi connectivity index (χ2n) is 5.63. The molecule has 2 nitrogen and oxygen atoms in total. The van der Waals surface area contributed by atoms with E-state index < -0.39 is 6.10 Å². The lowest BCUT2D eigenvalue weighted by molar-refractivity contribution is 0.133. The third kappa shape index (κ3) is 5.07. The monoisotopic (exact) mass is 257 g/mol. The van der Waals surface area contributed by atoms with Crippen molar-refractivity contribution in [1.29, 1.82) is 0 Å². The van der Waals surface area contributed by atoms with Crippen LogP contribution in [0.4, 0.5) is 0 Å². The van der Waals surface area contributed by atoms with Crippen LogP contribution >= 0.6 is 12.4 Å². The highest BCUT2D eigenvalue weighted by molar-refractivity contribution is 5.85. The fraction of sp³-hybridized carbons (Fsp3) is 0.571. The first kappa shape index (κ1) is 16.4. The zero-order valence-corrected chi connectivity index (χ0v) is 11.9. The quantitative estimate of drug-likeness (QED) is 0.874. The van der Waals surface area contributed by atoms with Gasteiger partial charge in [-0.05, 0) is 24.3 Å². The maximum atomic E-state index is 10.1. The van der Waals surface area contributed by atoms with Gasteiger partial charge < -0.3 is 10.8 Å². The summed E-state index contributed by atoms with van der Waals surface area (Å²) in [6.45, 7) is 8.33. The van der Waals surface area contributed by atoms with E-state index in [1.807, 2.05) is 31.2 Å². The molecule has 0 saturated carbocycles. The molecule has 0 spiro atoms. The molecule has 0 aromatic heterocycles. The number of aliphatic hydroxyl groups is 1. The van der Waals surface area contributed by atoms with E-state index in [9.17, 15) is 5.11 Å². The molecule has 0 aliphatic rings. The zero-order chi connectivity index (χ0) is 12.3. The van der Waals surface area contributed by atoms with Gasteiger partial charge in [0.2, 0.25) is 0 Å². The van der Waals surface area contributed by atoms with Gasteiger partial charge in [-0.15, -0.1) is 12.4 Å². The minimum atomic E-state index is -0.463. The molecule has 98 valence electrons. The Morgan fingerprint density at radius 1 is 1.18 bits per heavy atom. The molecule has 3 heteroatoms. The van der Waals surface area contributed by atoms with Gasteiger partial charge in [0.05, 0.1) is 6.10 Å². The van der Waals surface area contributed by atoms with Gasteiger partial charge in [-0.3, -0.25) is 0 Å². The molecule has 1 rings (SSSR count). The van der Waals surface area contributed by atoms with Crippen molar-refractivity contribution in [2.75, 3.05) is 0 Å². The number of rotatable bonds is 3. The summed E-state index contributed by atoms with van der Waals surface area (Å²) in [6, 6.07) is 7.97. The number of aryl methyl sites for hydroxylation is 1. The standard InChI is InChI=1S/C14H23NO.ClH/c1-10-5-7-11(8-6-10)12(16)9-13(15)14(2,3)4;/h5-8,12-13,16H,9,15H2,1-4H3;1H/t12-,13-;/m0./s1. The number of benzene rings is 1. The van der Waals surface area contributed by atoms with Crippen LogP contribution in [0.2, 0.25) is 0 Å². The molecule has 0 bridgehead atoms. The smallest absolute Gasteiger partial charge is 0.0805 e. The maximum Gasteiger partial charge on any atom is 0.0805 e. The number of aliphatic hydroxyl groups excluding tert-OH is 1. The summed E-state index contributed by atoms with van der Waals surface area (Å²) >= 11 is 0. The van der Waals surface area contributed by atoms with Gasteiger partial charge in [0.25, 0.3) is 0 Å². The topological polar surface area (TPSA) is 46.2 Å². The Morgan fingerprint density at radius 2 is 1.65 bits per heavy atom. The number of nitrogens with two attached hydrogens (primary N) is 1. The molecule has 0 fully saturated rings. The molecule has 0 aliphatic heterocycles.